The predicted octanol–water partition coefficient (Wildman–Crippen LogP) is 4.28. The Kier molecular flexibility index (Phi) is 3.12. The van der Waals surface area contributed by atoms with Gasteiger partial charge in [0.1, 0.15) is 5.52 Å². The molecule has 0 spiro atoms. The summed E-state index contributed by atoms with van der Waals surface area (Å²) >= 11 is 0. The SMILES string of the molecule is Cc1c(-c2ccccc2)nc2ccoc2c1Nc1cnn(C)c1. The fraction of sp³-hybridized carbons (Fsp3) is 0.111. The zero-order valence-corrected chi connectivity index (χ0v) is 12.9. The lowest BCUT2D eigenvalue weighted by molar-refractivity contribution is 0.616. The van der Waals surface area contributed by atoms with Crippen molar-refractivity contribution in [2.24, 2.45) is 7.05 Å². The molecular weight excluding hydrogens is 288 g/mol. The van der Waals surface area contributed by atoms with Crippen LogP contribution in [0.4, 0.5) is 11.4 Å². The van der Waals surface area contributed by atoms with Crippen LogP contribution in [0, 0.1) is 6.92 Å². The number of aryl methyl sites for hydroxylation is 1. The third kappa shape index (κ3) is 2.36. The smallest absolute Gasteiger partial charge is 0.175 e. The summed E-state index contributed by atoms with van der Waals surface area (Å²) in [5.74, 6) is 0. The molecule has 0 atom stereocenters. The van der Waals surface area contributed by atoms with E-state index in [9.17, 15) is 0 Å². The van der Waals surface area contributed by atoms with Gasteiger partial charge in [-0.1, -0.05) is 30.3 Å². The van der Waals surface area contributed by atoms with E-state index in [4.69, 9.17) is 9.40 Å². The molecular formula is C18H16N4O. The minimum absolute atomic E-state index is 0.756. The number of nitrogens with one attached hydrogen (secondary N) is 1. The Hall–Kier alpha value is -3.08. The van der Waals surface area contributed by atoms with Crippen molar-refractivity contribution >= 4 is 22.5 Å². The third-order valence-corrected chi connectivity index (χ3v) is 3.86. The summed E-state index contributed by atoms with van der Waals surface area (Å²) in [5.41, 5.74) is 6.51. The topological polar surface area (TPSA) is 55.9 Å². The van der Waals surface area contributed by atoms with Gasteiger partial charge in [-0.15, -0.1) is 0 Å². The second kappa shape index (κ2) is 5.28. The highest BCUT2D eigenvalue weighted by atomic mass is 16.3. The molecule has 0 aliphatic heterocycles. The van der Waals surface area contributed by atoms with Crippen molar-refractivity contribution in [2.45, 2.75) is 6.92 Å². The van der Waals surface area contributed by atoms with Crippen LogP contribution in [-0.2, 0) is 7.05 Å². The molecule has 0 radical (unpaired) electrons. The van der Waals surface area contributed by atoms with Crippen LogP contribution in [0.15, 0.2) is 59.5 Å². The van der Waals surface area contributed by atoms with E-state index in [1.807, 2.05) is 37.5 Å². The highest BCUT2D eigenvalue weighted by Crippen LogP contribution is 2.35. The van der Waals surface area contributed by atoms with E-state index in [1.165, 1.54) is 0 Å². The molecule has 0 aliphatic rings. The Morgan fingerprint density at radius 1 is 1.13 bits per heavy atom. The lowest BCUT2D eigenvalue weighted by atomic mass is 10.0. The number of nitrogens with zero attached hydrogens (tertiary/aromatic N) is 3. The summed E-state index contributed by atoms with van der Waals surface area (Å²) in [5, 5.41) is 7.61. The van der Waals surface area contributed by atoms with Crippen molar-refractivity contribution in [2.75, 3.05) is 5.32 Å². The molecule has 23 heavy (non-hydrogen) atoms. The molecule has 0 aliphatic carbocycles. The molecule has 0 saturated heterocycles. The second-order valence-electron chi connectivity index (χ2n) is 5.49. The van der Waals surface area contributed by atoms with Crippen LogP contribution in [0.2, 0.25) is 0 Å². The number of anilines is 2. The zero-order valence-electron chi connectivity index (χ0n) is 12.9. The molecule has 1 N–H and O–H groups in total. The van der Waals surface area contributed by atoms with E-state index in [1.54, 1.807) is 17.1 Å². The van der Waals surface area contributed by atoms with Gasteiger partial charge in [-0.05, 0) is 6.92 Å². The van der Waals surface area contributed by atoms with Gasteiger partial charge in [-0.25, -0.2) is 4.98 Å². The van der Waals surface area contributed by atoms with E-state index in [2.05, 4.69) is 29.5 Å². The first-order valence-electron chi connectivity index (χ1n) is 7.41. The largest absolute Gasteiger partial charge is 0.460 e. The van der Waals surface area contributed by atoms with Crippen molar-refractivity contribution in [3.05, 3.63) is 60.6 Å². The van der Waals surface area contributed by atoms with Gasteiger partial charge in [0.2, 0.25) is 0 Å². The van der Waals surface area contributed by atoms with Crippen molar-refractivity contribution in [3.8, 4) is 11.3 Å². The third-order valence-electron chi connectivity index (χ3n) is 3.86. The number of furan rings is 1. The highest BCUT2D eigenvalue weighted by molar-refractivity contribution is 5.93. The van der Waals surface area contributed by atoms with Crippen LogP contribution in [0.3, 0.4) is 0 Å². The summed E-state index contributed by atoms with van der Waals surface area (Å²) < 4.78 is 7.41. The molecule has 114 valence electrons. The minimum atomic E-state index is 0.756. The van der Waals surface area contributed by atoms with Gasteiger partial charge in [0.25, 0.3) is 0 Å². The molecule has 0 unspecified atom stereocenters. The average Bonchev–Trinajstić information content (AvgIpc) is 3.19. The Morgan fingerprint density at radius 3 is 2.70 bits per heavy atom. The Morgan fingerprint density at radius 2 is 1.96 bits per heavy atom. The number of hydrogen-bond acceptors (Lipinski definition) is 4. The standard InChI is InChI=1S/C18H16N4O/c1-12-16(13-6-4-3-5-7-13)21-15-8-9-23-18(15)17(12)20-14-10-19-22(2)11-14/h3-11H,1-2H3,(H,20,21). The maximum absolute atomic E-state index is 5.65. The minimum Gasteiger partial charge on any atom is -0.460 e. The number of hydrogen-bond donors (Lipinski definition) is 1. The van der Waals surface area contributed by atoms with Crippen LogP contribution in [0.1, 0.15) is 5.56 Å². The van der Waals surface area contributed by atoms with Gasteiger partial charge in [0.15, 0.2) is 5.58 Å². The fourth-order valence-corrected chi connectivity index (χ4v) is 2.73. The summed E-state index contributed by atoms with van der Waals surface area (Å²) in [6.45, 7) is 2.05. The van der Waals surface area contributed by atoms with E-state index in [-0.39, 0.29) is 0 Å². The molecule has 0 saturated carbocycles. The monoisotopic (exact) mass is 304 g/mol. The van der Waals surface area contributed by atoms with Crippen LogP contribution in [0.25, 0.3) is 22.4 Å². The molecule has 3 heterocycles. The van der Waals surface area contributed by atoms with Crippen LogP contribution >= 0.6 is 0 Å². The second-order valence-corrected chi connectivity index (χ2v) is 5.49. The molecule has 0 fully saturated rings. The maximum Gasteiger partial charge on any atom is 0.175 e. The predicted molar refractivity (Wildman–Crippen MR) is 90.7 cm³/mol. The summed E-state index contributed by atoms with van der Waals surface area (Å²) in [7, 11) is 1.89. The molecule has 5 nitrogen and oxygen atoms in total. The number of fused-ring (bicyclic) bond motifs is 1. The first kappa shape index (κ1) is 13.6. The molecule has 4 aromatic rings. The van der Waals surface area contributed by atoms with E-state index >= 15 is 0 Å². The van der Waals surface area contributed by atoms with Crippen molar-refractivity contribution in [1.29, 1.82) is 0 Å². The molecule has 4 rings (SSSR count). The Bertz CT molecular complexity index is 969. The van der Waals surface area contributed by atoms with E-state index in [0.29, 0.717) is 0 Å². The number of pyridine rings is 1. The first-order valence-corrected chi connectivity index (χ1v) is 7.41. The lowest BCUT2D eigenvalue weighted by Crippen LogP contribution is -1.98. The molecule has 1 aromatic carbocycles. The van der Waals surface area contributed by atoms with E-state index in [0.717, 1.165) is 39.3 Å². The molecule has 0 bridgehead atoms. The zero-order chi connectivity index (χ0) is 15.8. The Labute approximate surface area is 133 Å². The summed E-state index contributed by atoms with van der Waals surface area (Å²) in [6.07, 6.45) is 5.38. The van der Waals surface area contributed by atoms with Crippen molar-refractivity contribution in [1.82, 2.24) is 14.8 Å². The van der Waals surface area contributed by atoms with Crippen LogP contribution in [0.5, 0.6) is 0 Å². The van der Waals surface area contributed by atoms with Gasteiger partial charge in [-0.2, -0.15) is 5.10 Å². The van der Waals surface area contributed by atoms with Gasteiger partial charge >= 0.3 is 0 Å². The normalized spacial score (nSPS) is 11.0. The number of aromatic nitrogens is 3. The Balaban J connectivity index is 1.91. The molecule has 3 aromatic heterocycles. The van der Waals surface area contributed by atoms with Gasteiger partial charge in [0.05, 0.1) is 29.5 Å². The van der Waals surface area contributed by atoms with Gasteiger partial charge in [-0.3, -0.25) is 4.68 Å². The van der Waals surface area contributed by atoms with Gasteiger partial charge in [0, 0.05) is 30.4 Å². The molecule has 0 amide bonds. The van der Waals surface area contributed by atoms with Crippen LogP contribution in [-0.4, -0.2) is 14.8 Å². The summed E-state index contributed by atoms with van der Waals surface area (Å²) in [6, 6.07) is 12.1. The van der Waals surface area contributed by atoms with Crippen molar-refractivity contribution in [3.63, 3.8) is 0 Å². The summed E-state index contributed by atoms with van der Waals surface area (Å²) in [4.78, 5) is 4.76. The first-order chi connectivity index (χ1) is 11.2. The maximum atomic E-state index is 5.65. The fourth-order valence-electron chi connectivity index (χ4n) is 2.73. The number of rotatable bonds is 3. The van der Waals surface area contributed by atoms with E-state index < -0.39 is 0 Å². The molecule has 5 heteroatoms. The number of benzene rings is 1. The highest BCUT2D eigenvalue weighted by Gasteiger charge is 2.16. The van der Waals surface area contributed by atoms with Crippen molar-refractivity contribution < 1.29 is 4.42 Å². The van der Waals surface area contributed by atoms with Crippen LogP contribution < -0.4 is 5.32 Å². The lowest BCUT2D eigenvalue weighted by Gasteiger charge is -2.12. The quantitative estimate of drug-likeness (QED) is 0.614. The van der Waals surface area contributed by atoms with Gasteiger partial charge < -0.3 is 9.73 Å². The average molecular weight is 304 g/mol.